The van der Waals surface area contributed by atoms with E-state index in [0.29, 0.717) is 18.4 Å². The van der Waals surface area contributed by atoms with Gasteiger partial charge in [0.05, 0.1) is 23.6 Å². The van der Waals surface area contributed by atoms with Gasteiger partial charge in [0.25, 0.3) is 0 Å². The van der Waals surface area contributed by atoms with E-state index in [4.69, 9.17) is 4.74 Å². The highest BCUT2D eigenvalue weighted by molar-refractivity contribution is 5.62. The molecule has 4 heterocycles. The Morgan fingerprint density at radius 3 is 2.24 bits per heavy atom. The summed E-state index contributed by atoms with van der Waals surface area (Å²) in [6, 6.07) is 6.23. The van der Waals surface area contributed by atoms with Crippen LogP contribution in [0.15, 0.2) is 36.7 Å². The van der Waals surface area contributed by atoms with Crippen molar-refractivity contribution in [2.45, 2.75) is 65.7 Å². The van der Waals surface area contributed by atoms with Gasteiger partial charge in [-0.25, -0.2) is 18.7 Å². The van der Waals surface area contributed by atoms with E-state index in [0.717, 1.165) is 73.8 Å². The van der Waals surface area contributed by atoms with Crippen molar-refractivity contribution in [1.82, 2.24) is 30.4 Å². The van der Waals surface area contributed by atoms with Crippen LogP contribution >= 0.6 is 0 Å². The topological polar surface area (TPSA) is 95.6 Å². The Morgan fingerprint density at radius 2 is 1.61 bits per heavy atom. The molecule has 1 saturated heterocycles. The number of halogens is 2. The summed E-state index contributed by atoms with van der Waals surface area (Å²) in [5, 5.41) is 14.4. The molecule has 0 unspecified atom stereocenters. The molecule has 4 aromatic rings. The molecule has 0 amide bonds. The lowest BCUT2D eigenvalue weighted by molar-refractivity contribution is 0.277. The molecule has 41 heavy (non-hydrogen) atoms. The normalized spacial score (nSPS) is 14.4. The van der Waals surface area contributed by atoms with Crippen LogP contribution in [0.25, 0.3) is 22.5 Å². The van der Waals surface area contributed by atoms with Gasteiger partial charge in [-0.3, -0.25) is 10.2 Å². The van der Waals surface area contributed by atoms with Gasteiger partial charge in [0.1, 0.15) is 17.4 Å². The Morgan fingerprint density at radius 1 is 0.927 bits per heavy atom. The van der Waals surface area contributed by atoms with Crippen molar-refractivity contribution in [1.29, 1.82) is 0 Å². The second-order valence-electron chi connectivity index (χ2n) is 11.7. The third-order valence-electron chi connectivity index (χ3n) is 7.61. The third kappa shape index (κ3) is 7.10. The summed E-state index contributed by atoms with van der Waals surface area (Å²) in [4.78, 5) is 11.4. The Bertz CT molecular complexity index is 1400. The van der Waals surface area contributed by atoms with Crippen molar-refractivity contribution in [3.63, 3.8) is 0 Å². The van der Waals surface area contributed by atoms with Crippen molar-refractivity contribution in [3.05, 3.63) is 59.7 Å². The number of H-pyrrole nitrogens is 2. The lowest BCUT2D eigenvalue weighted by Gasteiger charge is -2.32. The lowest BCUT2D eigenvalue weighted by Crippen LogP contribution is -2.34. The van der Waals surface area contributed by atoms with Gasteiger partial charge in [0.15, 0.2) is 0 Å². The third-order valence-corrected chi connectivity index (χ3v) is 7.61. The van der Waals surface area contributed by atoms with E-state index < -0.39 is 11.6 Å². The summed E-state index contributed by atoms with van der Waals surface area (Å²) in [6.45, 7) is 10.6. The Kier molecular flexibility index (Phi) is 8.95. The van der Waals surface area contributed by atoms with Gasteiger partial charge in [-0.2, -0.15) is 10.2 Å². The zero-order valence-electron chi connectivity index (χ0n) is 24.3. The number of aromatic amines is 2. The molecule has 3 aromatic heterocycles. The zero-order chi connectivity index (χ0) is 28.9. The van der Waals surface area contributed by atoms with Crippen LogP contribution in [0.3, 0.4) is 0 Å². The van der Waals surface area contributed by atoms with E-state index in [-0.39, 0.29) is 22.9 Å². The number of rotatable bonds is 11. The number of piperidine rings is 1. The fourth-order valence-electron chi connectivity index (χ4n) is 5.29. The fourth-order valence-corrected chi connectivity index (χ4v) is 5.29. The minimum atomic E-state index is -0.676. The second kappa shape index (κ2) is 12.8. The predicted molar refractivity (Wildman–Crippen MR) is 156 cm³/mol. The molecule has 1 aromatic carbocycles. The van der Waals surface area contributed by atoms with Crippen LogP contribution in [-0.2, 0) is 6.42 Å². The molecule has 8 nitrogen and oxygen atoms in total. The van der Waals surface area contributed by atoms with Gasteiger partial charge in [-0.1, -0.05) is 27.7 Å². The van der Waals surface area contributed by atoms with E-state index in [2.05, 4.69) is 55.2 Å². The number of ether oxygens (including phenoxy) is 1. The minimum Gasteiger partial charge on any atom is -0.493 e. The van der Waals surface area contributed by atoms with Gasteiger partial charge in [-0.15, -0.1) is 0 Å². The first-order valence-electron chi connectivity index (χ1n) is 14.6. The first kappa shape index (κ1) is 28.7. The van der Waals surface area contributed by atoms with Crippen molar-refractivity contribution in [2.75, 3.05) is 24.6 Å². The quantitative estimate of drug-likeness (QED) is 0.192. The van der Waals surface area contributed by atoms with E-state index >= 15 is 0 Å². The molecule has 0 aliphatic carbocycles. The summed E-state index contributed by atoms with van der Waals surface area (Å²) in [5.41, 5.74) is 3.85. The lowest BCUT2D eigenvalue weighted by atomic mass is 9.92. The zero-order valence-corrected chi connectivity index (χ0v) is 24.3. The number of anilines is 1. The van der Waals surface area contributed by atoms with Crippen LogP contribution in [-0.4, -0.2) is 50.1 Å². The first-order valence-corrected chi connectivity index (χ1v) is 14.6. The molecule has 218 valence electrons. The number of hydrogen-bond acceptors (Lipinski definition) is 6. The van der Waals surface area contributed by atoms with Crippen LogP contribution in [0.1, 0.15) is 70.7 Å². The molecular formula is C31H39F2N7O. The smallest absolute Gasteiger partial charge is 0.225 e. The molecule has 0 saturated carbocycles. The molecular weight excluding hydrogens is 524 g/mol. The SMILES string of the molecule is CC(C)Cc1cc(-c2cnc(N3CCC(CCCOc4cc(F)c(-c5cc(C(C)C)[nH]n5)c(F)c4)CC3)nc2)n[nH]1. The number of benzene rings is 1. The minimum absolute atomic E-state index is 0.136. The number of aromatic nitrogens is 6. The predicted octanol–water partition coefficient (Wildman–Crippen LogP) is 6.93. The number of nitrogens with one attached hydrogen (secondary N) is 2. The molecule has 5 rings (SSSR count). The van der Waals surface area contributed by atoms with Crippen LogP contribution in [0.5, 0.6) is 5.75 Å². The molecule has 0 bridgehead atoms. The molecule has 2 N–H and O–H groups in total. The maximum Gasteiger partial charge on any atom is 0.225 e. The average Bonchev–Trinajstić information content (AvgIpc) is 3.61. The highest BCUT2D eigenvalue weighted by atomic mass is 19.1. The van der Waals surface area contributed by atoms with E-state index in [1.807, 2.05) is 26.2 Å². The summed E-state index contributed by atoms with van der Waals surface area (Å²) in [7, 11) is 0. The summed E-state index contributed by atoms with van der Waals surface area (Å²) in [5.74, 6) is 0.919. The van der Waals surface area contributed by atoms with Gasteiger partial charge in [0, 0.05) is 54.6 Å². The standard InChI is InChI=1S/C31H39F2N7O/c1-19(2)12-23-13-28(38-36-23)22-17-34-31(35-18-22)40-9-7-21(8-10-40)6-5-11-41-24-14-25(32)30(26(33)15-24)29-16-27(20(3)4)37-39-29/h13-21H,5-12H2,1-4H3,(H,36,38)(H,37,39). The number of nitrogens with zero attached hydrogens (tertiary/aromatic N) is 5. The van der Waals surface area contributed by atoms with Crippen LogP contribution in [0, 0.1) is 23.5 Å². The maximum atomic E-state index is 14.7. The molecule has 1 aliphatic rings. The highest BCUT2D eigenvalue weighted by Gasteiger charge is 2.22. The molecule has 0 radical (unpaired) electrons. The first-order chi connectivity index (χ1) is 19.8. The fraction of sp³-hybridized carbons (Fsp3) is 0.484. The van der Waals surface area contributed by atoms with Crippen LogP contribution in [0.2, 0.25) is 0 Å². The van der Waals surface area contributed by atoms with Crippen molar-refractivity contribution in [2.24, 2.45) is 11.8 Å². The Hall–Kier alpha value is -3.82. The van der Waals surface area contributed by atoms with Crippen LogP contribution < -0.4 is 9.64 Å². The Labute approximate surface area is 240 Å². The Balaban J connectivity index is 1.06. The van der Waals surface area contributed by atoms with Crippen molar-refractivity contribution in [3.8, 4) is 28.3 Å². The van der Waals surface area contributed by atoms with Gasteiger partial charge in [0.2, 0.25) is 5.95 Å². The summed E-state index contributed by atoms with van der Waals surface area (Å²) < 4.78 is 35.2. The average molecular weight is 564 g/mol. The maximum absolute atomic E-state index is 14.7. The van der Waals surface area contributed by atoms with Crippen molar-refractivity contribution >= 4 is 5.95 Å². The summed E-state index contributed by atoms with van der Waals surface area (Å²) >= 11 is 0. The highest BCUT2D eigenvalue weighted by Crippen LogP contribution is 2.31. The van der Waals surface area contributed by atoms with E-state index in [9.17, 15) is 8.78 Å². The van der Waals surface area contributed by atoms with Gasteiger partial charge < -0.3 is 9.64 Å². The monoisotopic (exact) mass is 563 g/mol. The van der Waals surface area contributed by atoms with Crippen LogP contribution in [0.4, 0.5) is 14.7 Å². The second-order valence-corrected chi connectivity index (χ2v) is 11.7. The van der Waals surface area contributed by atoms with Gasteiger partial charge in [-0.05, 0) is 62.0 Å². The molecule has 10 heteroatoms. The van der Waals surface area contributed by atoms with E-state index in [1.165, 1.54) is 12.1 Å². The number of hydrogen-bond donors (Lipinski definition) is 2. The molecule has 1 fully saturated rings. The summed E-state index contributed by atoms with van der Waals surface area (Å²) in [6.07, 6.45) is 8.56. The van der Waals surface area contributed by atoms with Crippen molar-refractivity contribution < 1.29 is 13.5 Å². The molecule has 1 aliphatic heterocycles. The molecule has 0 atom stereocenters. The van der Waals surface area contributed by atoms with E-state index in [1.54, 1.807) is 6.07 Å². The van der Waals surface area contributed by atoms with Gasteiger partial charge >= 0.3 is 0 Å². The molecule has 0 spiro atoms. The largest absolute Gasteiger partial charge is 0.493 e.